The molecule has 0 radical (unpaired) electrons. The van der Waals surface area contributed by atoms with Gasteiger partial charge in [0, 0.05) is 52.5 Å². The number of hydrogen-bond donors (Lipinski definition) is 1. The van der Waals surface area contributed by atoms with Crippen molar-refractivity contribution in [3.8, 4) is 0 Å². The fourth-order valence-electron chi connectivity index (χ4n) is 2.69. The summed E-state index contributed by atoms with van der Waals surface area (Å²) >= 11 is 0. The van der Waals surface area contributed by atoms with Crippen molar-refractivity contribution >= 4 is 11.8 Å². The van der Waals surface area contributed by atoms with Gasteiger partial charge in [0.25, 0.3) is 0 Å². The number of amides is 2. The first kappa shape index (κ1) is 18.4. The van der Waals surface area contributed by atoms with E-state index in [2.05, 4.69) is 22.3 Å². The van der Waals surface area contributed by atoms with Gasteiger partial charge in [-0.1, -0.05) is 30.3 Å². The monoisotopic (exact) mass is 333 g/mol. The van der Waals surface area contributed by atoms with E-state index in [-0.39, 0.29) is 0 Å². The fourth-order valence-corrected chi connectivity index (χ4v) is 2.69. The molecular weight excluding hydrogens is 306 g/mol. The highest BCUT2D eigenvalue weighted by molar-refractivity contribution is 6.35. The van der Waals surface area contributed by atoms with Crippen LogP contribution in [0.4, 0.5) is 0 Å². The van der Waals surface area contributed by atoms with Crippen LogP contribution in [0.15, 0.2) is 30.3 Å². The number of rotatable bonds is 7. The maximum atomic E-state index is 12.1. The minimum Gasteiger partial charge on any atom is -0.382 e. The van der Waals surface area contributed by atoms with Crippen LogP contribution in [0.3, 0.4) is 0 Å². The fraction of sp³-hybridized carbons (Fsp3) is 0.556. The molecule has 0 saturated carbocycles. The molecule has 0 atom stereocenters. The molecule has 24 heavy (non-hydrogen) atoms. The van der Waals surface area contributed by atoms with Crippen LogP contribution < -0.4 is 5.32 Å². The predicted octanol–water partition coefficient (Wildman–Crippen LogP) is 0.874. The van der Waals surface area contributed by atoms with E-state index in [9.17, 15) is 9.59 Å². The minimum atomic E-state index is -0.511. The Kier molecular flexibility index (Phi) is 7.71. The third-order valence-electron chi connectivity index (χ3n) is 4.06. The topological polar surface area (TPSA) is 61.9 Å². The Hall–Kier alpha value is -1.92. The lowest BCUT2D eigenvalue weighted by molar-refractivity contribution is -0.147. The molecular formula is C18H27N3O3. The summed E-state index contributed by atoms with van der Waals surface area (Å²) in [5.41, 5.74) is 1.27. The number of carbonyl (C=O) groups excluding carboxylic acids is 2. The van der Waals surface area contributed by atoms with Gasteiger partial charge in [0.05, 0.1) is 0 Å². The maximum absolute atomic E-state index is 12.1. The summed E-state index contributed by atoms with van der Waals surface area (Å²) in [6.07, 6.45) is 0.720. The van der Waals surface area contributed by atoms with Gasteiger partial charge in [0.2, 0.25) is 0 Å². The van der Waals surface area contributed by atoms with E-state index < -0.39 is 11.8 Å². The third kappa shape index (κ3) is 5.94. The zero-order chi connectivity index (χ0) is 17.2. The normalized spacial score (nSPS) is 15.3. The zero-order valence-electron chi connectivity index (χ0n) is 14.4. The lowest BCUT2D eigenvalue weighted by atomic mass is 10.2. The van der Waals surface area contributed by atoms with E-state index in [0.717, 1.165) is 26.1 Å². The second kappa shape index (κ2) is 10.1. The lowest BCUT2D eigenvalue weighted by Crippen LogP contribution is -2.52. The van der Waals surface area contributed by atoms with Crippen LogP contribution in [-0.2, 0) is 20.9 Å². The highest BCUT2D eigenvalue weighted by Crippen LogP contribution is 2.08. The Balaban J connectivity index is 1.67. The minimum absolute atomic E-state index is 0.425. The average Bonchev–Trinajstić information content (AvgIpc) is 2.62. The molecule has 2 amide bonds. The molecule has 0 aromatic heterocycles. The molecule has 0 unspecified atom stereocenters. The van der Waals surface area contributed by atoms with Gasteiger partial charge in [-0.25, -0.2) is 0 Å². The standard InChI is InChI=1S/C18H27N3O3/c1-2-24-14-6-9-19-17(22)18(23)21-12-10-20(11-13-21)15-16-7-4-3-5-8-16/h3-5,7-8H,2,6,9-15H2,1H3,(H,19,22). The Labute approximate surface area is 143 Å². The van der Waals surface area contributed by atoms with Gasteiger partial charge < -0.3 is 15.0 Å². The Bertz CT molecular complexity index is 514. The Morgan fingerprint density at radius 1 is 1.12 bits per heavy atom. The van der Waals surface area contributed by atoms with E-state index in [1.165, 1.54) is 5.56 Å². The molecule has 2 rings (SSSR count). The molecule has 1 aromatic carbocycles. The molecule has 1 fully saturated rings. The Morgan fingerprint density at radius 2 is 1.83 bits per heavy atom. The molecule has 1 saturated heterocycles. The summed E-state index contributed by atoms with van der Waals surface area (Å²) in [7, 11) is 0. The van der Waals surface area contributed by atoms with Gasteiger partial charge in [-0.15, -0.1) is 0 Å². The van der Waals surface area contributed by atoms with E-state index in [0.29, 0.717) is 32.8 Å². The summed E-state index contributed by atoms with van der Waals surface area (Å²) in [6.45, 7) is 7.32. The van der Waals surface area contributed by atoms with Gasteiger partial charge in [0.1, 0.15) is 0 Å². The Morgan fingerprint density at radius 3 is 2.50 bits per heavy atom. The average molecular weight is 333 g/mol. The van der Waals surface area contributed by atoms with Crippen LogP contribution in [0, 0.1) is 0 Å². The first-order valence-electron chi connectivity index (χ1n) is 8.62. The molecule has 1 aliphatic rings. The molecule has 6 nitrogen and oxygen atoms in total. The largest absolute Gasteiger partial charge is 0.382 e. The summed E-state index contributed by atoms with van der Waals surface area (Å²) in [6, 6.07) is 10.3. The molecule has 132 valence electrons. The van der Waals surface area contributed by atoms with Crippen molar-refractivity contribution in [2.45, 2.75) is 19.9 Å². The van der Waals surface area contributed by atoms with E-state index in [4.69, 9.17) is 4.74 Å². The van der Waals surface area contributed by atoms with Crippen LogP contribution >= 0.6 is 0 Å². The first-order valence-corrected chi connectivity index (χ1v) is 8.62. The second-order valence-corrected chi connectivity index (χ2v) is 5.86. The van der Waals surface area contributed by atoms with Crippen LogP contribution in [0.5, 0.6) is 0 Å². The van der Waals surface area contributed by atoms with Crippen molar-refractivity contribution in [2.24, 2.45) is 0 Å². The first-order chi connectivity index (χ1) is 11.7. The summed E-state index contributed by atoms with van der Waals surface area (Å²) in [5.74, 6) is -0.936. The predicted molar refractivity (Wildman–Crippen MR) is 92.4 cm³/mol. The summed E-state index contributed by atoms with van der Waals surface area (Å²) < 4.78 is 5.20. The van der Waals surface area contributed by atoms with Crippen LogP contribution in [0.2, 0.25) is 0 Å². The molecule has 6 heteroatoms. The van der Waals surface area contributed by atoms with E-state index >= 15 is 0 Å². The van der Waals surface area contributed by atoms with Gasteiger partial charge in [-0.05, 0) is 18.9 Å². The van der Waals surface area contributed by atoms with Crippen molar-refractivity contribution in [1.29, 1.82) is 0 Å². The highest BCUT2D eigenvalue weighted by Gasteiger charge is 2.25. The van der Waals surface area contributed by atoms with Gasteiger partial charge in [-0.3, -0.25) is 14.5 Å². The SMILES string of the molecule is CCOCCCNC(=O)C(=O)N1CCN(Cc2ccccc2)CC1. The van der Waals surface area contributed by atoms with E-state index in [1.54, 1.807) is 4.90 Å². The molecule has 0 bridgehead atoms. The summed E-state index contributed by atoms with van der Waals surface area (Å²) in [5, 5.41) is 2.67. The highest BCUT2D eigenvalue weighted by atomic mass is 16.5. The number of benzene rings is 1. The molecule has 0 aliphatic carbocycles. The number of carbonyl (C=O) groups is 2. The lowest BCUT2D eigenvalue weighted by Gasteiger charge is -2.34. The third-order valence-corrected chi connectivity index (χ3v) is 4.06. The molecule has 1 aliphatic heterocycles. The van der Waals surface area contributed by atoms with Gasteiger partial charge in [0.15, 0.2) is 0 Å². The number of ether oxygens (including phenoxy) is 1. The second-order valence-electron chi connectivity index (χ2n) is 5.86. The van der Waals surface area contributed by atoms with Crippen molar-refractivity contribution in [3.05, 3.63) is 35.9 Å². The van der Waals surface area contributed by atoms with E-state index in [1.807, 2.05) is 25.1 Å². The number of nitrogens with zero attached hydrogens (tertiary/aromatic N) is 2. The summed E-state index contributed by atoms with van der Waals surface area (Å²) in [4.78, 5) is 28.0. The van der Waals surface area contributed by atoms with Crippen molar-refractivity contribution in [3.63, 3.8) is 0 Å². The number of nitrogens with one attached hydrogen (secondary N) is 1. The van der Waals surface area contributed by atoms with Gasteiger partial charge in [-0.2, -0.15) is 0 Å². The van der Waals surface area contributed by atoms with Crippen molar-refractivity contribution in [2.75, 3.05) is 45.9 Å². The number of hydrogen-bond acceptors (Lipinski definition) is 4. The molecule has 1 aromatic rings. The van der Waals surface area contributed by atoms with Gasteiger partial charge >= 0.3 is 11.8 Å². The van der Waals surface area contributed by atoms with Crippen LogP contribution in [0.1, 0.15) is 18.9 Å². The quantitative estimate of drug-likeness (QED) is 0.594. The molecule has 1 N–H and O–H groups in total. The van der Waals surface area contributed by atoms with Crippen LogP contribution in [0.25, 0.3) is 0 Å². The molecule has 0 spiro atoms. The zero-order valence-corrected chi connectivity index (χ0v) is 14.4. The molecule has 1 heterocycles. The smallest absolute Gasteiger partial charge is 0.311 e. The van der Waals surface area contributed by atoms with Crippen molar-refractivity contribution < 1.29 is 14.3 Å². The van der Waals surface area contributed by atoms with Crippen molar-refractivity contribution in [1.82, 2.24) is 15.1 Å². The maximum Gasteiger partial charge on any atom is 0.311 e. The number of piperazine rings is 1. The van der Waals surface area contributed by atoms with Crippen LogP contribution in [-0.4, -0.2) is 67.6 Å².